The number of anilines is 2. The van der Waals surface area contributed by atoms with E-state index in [4.69, 9.17) is 22.1 Å². The summed E-state index contributed by atoms with van der Waals surface area (Å²) in [5.41, 5.74) is 7.52. The number of hydrogen-bond acceptors (Lipinski definition) is 6. The zero-order chi connectivity index (χ0) is 19.5. The minimum absolute atomic E-state index is 0.0715. The van der Waals surface area contributed by atoms with E-state index in [-0.39, 0.29) is 6.42 Å². The van der Waals surface area contributed by atoms with Crippen molar-refractivity contribution in [3.63, 3.8) is 0 Å². The molecule has 1 amide bonds. The Labute approximate surface area is 170 Å². The maximum absolute atomic E-state index is 11.1. The first-order valence-corrected chi connectivity index (χ1v) is 9.59. The number of amides is 1. The maximum Gasteiger partial charge on any atom is 0.223 e. The molecule has 0 unspecified atom stereocenters. The Morgan fingerprint density at radius 2 is 1.89 bits per heavy atom. The molecule has 0 aliphatic rings. The molecule has 0 atom stereocenters. The van der Waals surface area contributed by atoms with E-state index in [9.17, 15) is 4.79 Å². The van der Waals surface area contributed by atoms with Gasteiger partial charge in [-0.25, -0.2) is 4.98 Å². The number of ether oxygens (including phenoxy) is 1. The third-order valence-electron chi connectivity index (χ3n) is 3.83. The zero-order valence-corrected chi connectivity index (χ0v) is 16.1. The van der Waals surface area contributed by atoms with Gasteiger partial charge >= 0.3 is 0 Å². The molecule has 0 bridgehead atoms. The van der Waals surface area contributed by atoms with Crippen molar-refractivity contribution < 1.29 is 9.53 Å². The number of aromatic nitrogens is 2. The highest BCUT2D eigenvalue weighted by Gasteiger charge is 2.08. The third-order valence-corrected chi connectivity index (χ3v) is 5.04. The number of nitrogens with two attached hydrogens (primary N) is 1. The molecule has 3 N–H and O–H groups in total. The maximum atomic E-state index is 11.1. The van der Waals surface area contributed by atoms with Crippen molar-refractivity contribution in [1.29, 1.82) is 0 Å². The lowest BCUT2D eigenvalue weighted by atomic mass is 10.2. The normalized spacial score (nSPS) is 10.8. The molecule has 0 aliphatic carbocycles. The first-order chi connectivity index (χ1) is 13.5. The zero-order valence-electron chi connectivity index (χ0n) is 14.6. The molecule has 0 spiro atoms. The van der Waals surface area contributed by atoms with E-state index in [1.54, 1.807) is 29.7 Å². The van der Waals surface area contributed by atoms with Crippen molar-refractivity contribution in [2.75, 3.05) is 5.32 Å². The lowest BCUT2D eigenvalue weighted by Crippen LogP contribution is -2.14. The van der Waals surface area contributed by atoms with Gasteiger partial charge in [-0.15, -0.1) is 0 Å². The van der Waals surface area contributed by atoms with Crippen molar-refractivity contribution in [3.8, 4) is 11.5 Å². The molecule has 0 fully saturated rings. The van der Waals surface area contributed by atoms with E-state index in [2.05, 4.69) is 15.3 Å². The monoisotopic (exact) mass is 410 g/mol. The van der Waals surface area contributed by atoms with Crippen LogP contribution in [0.1, 0.15) is 5.69 Å². The SMILES string of the molecule is NC(=O)Cc1cc(Oc2ccc3sc(Nc4ccc(Cl)cc4)nc3c2)ccn1. The van der Waals surface area contributed by atoms with E-state index in [0.717, 1.165) is 21.0 Å². The Kier molecular flexibility index (Phi) is 5.10. The molecular weight excluding hydrogens is 396 g/mol. The minimum atomic E-state index is -0.436. The van der Waals surface area contributed by atoms with Gasteiger partial charge in [0.25, 0.3) is 0 Å². The van der Waals surface area contributed by atoms with Crippen LogP contribution in [0.25, 0.3) is 10.2 Å². The van der Waals surface area contributed by atoms with Crippen molar-refractivity contribution in [3.05, 3.63) is 71.5 Å². The number of pyridine rings is 1. The fraction of sp³-hybridized carbons (Fsp3) is 0.0500. The van der Waals surface area contributed by atoms with Crippen LogP contribution in [0.2, 0.25) is 5.02 Å². The predicted molar refractivity (Wildman–Crippen MR) is 112 cm³/mol. The van der Waals surface area contributed by atoms with E-state index in [0.29, 0.717) is 22.2 Å². The van der Waals surface area contributed by atoms with Gasteiger partial charge in [0.05, 0.1) is 22.3 Å². The van der Waals surface area contributed by atoms with Crippen LogP contribution in [0.5, 0.6) is 11.5 Å². The first kappa shape index (κ1) is 18.2. The second-order valence-electron chi connectivity index (χ2n) is 6.01. The molecule has 0 radical (unpaired) electrons. The van der Waals surface area contributed by atoms with Gasteiger partial charge < -0.3 is 15.8 Å². The summed E-state index contributed by atoms with van der Waals surface area (Å²) in [6, 6.07) is 16.6. The summed E-state index contributed by atoms with van der Waals surface area (Å²) in [6.07, 6.45) is 1.66. The van der Waals surface area contributed by atoms with Crippen LogP contribution < -0.4 is 15.8 Å². The molecule has 2 aromatic heterocycles. The largest absolute Gasteiger partial charge is 0.457 e. The Balaban J connectivity index is 1.53. The average Bonchev–Trinajstić information content (AvgIpc) is 3.05. The number of primary amides is 1. The van der Waals surface area contributed by atoms with Crippen LogP contribution in [0.3, 0.4) is 0 Å². The van der Waals surface area contributed by atoms with Gasteiger partial charge in [-0.2, -0.15) is 0 Å². The molecule has 8 heteroatoms. The number of carbonyl (C=O) groups excluding carboxylic acids is 1. The van der Waals surface area contributed by atoms with Crippen LogP contribution in [0, 0.1) is 0 Å². The Hall–Kier alpha value is -3.16. The van der Waals surface area contributed by atoms with Crippen LogP contribution in [-0.4, -0.2) is 15.9 Å². The van der Waals surface area contributed by atoms with Gasteiger partial charge in [0.2, 0.25) is 5.91 Å². The quantitative estimate of drug-likeness (QED) is 0.471. The van der Waals surface area contributed by atoms with Gasteiger partial charge in [0, 0.05) is 29.0 Å². The van der Waals surface area contributed by atoms with Crippen molar-refractivity contribution in [2.24, 2.45) is 5.73 Å². The number of nitrogens with one attached hydrogen (secondary N) is 1. The summed E-state index contributed by atoms with van der Waals surface area (Å²) in [7, 11) is 0. The highest BCUT2D eigenvalue weighted by Crippen LogP contribution is 2.32. The van der Waals surface area contributed by atoms with Gasteiger partial charge in [-0.1, -0.05) is 22.9 Å². The highest BCUT2D eigenvalue weighted by molar-refractivity contribution is 7.22. The summed E-state index contributed by atoms with van der Waals surface area (Å²) in [6.45, 7) is 0. The second-order valence-corrected chi connectivity index (χ2v) is 7.48. The summed E-state index contributed by atoms with van der Waals surface area (Å²) in [4.78, 5) is 19.8. The lowest BCUT2D eigenvalue weighted by molar-refractivity contribution is -0.117. The number of halogens is 1. The van der Waals surface area contributed by atoms with Gasteiger partial charge in [0.1, 0.15) is 11.5 Å². The molecule has 4 rings (SSSR count). The molecule has 0 saturated carbocycles. The van der Waals surface area contributed by atoms with Crippen molar-refractivity contribution in [2.45, 2.75) is 6.42 Å². The number of benzene rings is 2. The predicted octanol–water partition coefficient (Wildman–Crippen LogP) is 4.91. The average molecular weight is 411 g/mol. The number of carbonyl (C=O) groups is 1. The molecule has 28 heavy (non-hydrogen) atoms. The Morgan fingerprint density at radius 1 is 1.11 bits per heavy atom. The Morgan fingerprint density at radius 3 is 2.68 bits per heavy atom. The smallest absolute Gasteiger partial charge is 0.223 e. The van der Waals surface area contributed by atoms with Crippen LogP contribution in [0.4, 0.5) is 10.8 Å². The second kappa shape index (κ2) is 7.84. The summed E-state index contributed by atoms with van der Waals surface area (Å²) < 4.78 is 6.92. The van der Waals surface area contributed by atoms with Crippen molar-refractivity contribution >= 4 is 49.9 Å². The molecule has 6 nitrogen and oxygen atoms in total. The van der Waals surface area contributed by atoms with Gasteiger partial charge in [0.15, 0.2) is 5.13 Å². The molecule has 0 aliphatic heterocycles. The third kappa shape index (κ3) is 4.39. The summed E-state index contributed by atoms with van der Waals surface area (Å²) in [5, 5.41) is 4.74. The standard InChI is InChI=1S/C20H15ClN4O2S/c21-12-1-3-13(4-2-12)24-20-25-17-11-15(5-6-18(17)28-20)27-16-7-8-23-14(9-16)10-19(22)26/h1-9,11H,10H2,(H2,22,26)(H,24,25). The molecule has 2 heterocycles. The van der Waals surface area contributed by atoms with Crippen LogP contribution in [-0.2, 0) is 11.2 Å². The minimum Gasteiger partial charge on any atom is -0.457 e. The molecule has 2 aromatic carbocycles. The molecule has 4 aromatic rings. The van der Waals surface area contributed by atoms with E-state index in [1.165, 1.54) is 0 Å². The number of hydrogen-bond donors (Lipinski definition) is 2. The molecule has 0 saturated heterocycles. The number of thiazole rings is 1. The summed E-state index contributed by atoms with van der Waals surface area (Å²) in [5.74, 6) is 0.793. The van der Waals surface area contributed by atoms with E-state index >= 15 is 0 Å². The summed E-state index contributed by atoms with van der Waals surface area (Å²) >= 11 is 7.46. The fourth-order valence-corrected chi connectivity index (χ4v) is 3.60. The van der Waals surface area contributed by atoms with Crippen molar-refractivity contribution in [1.82, 2.24) is 9.97 Å². The van der Waals surface area contributed by atoms with Crippen LogP contribution >= 0.6 is 22.9 Å². The van der Waals surface area contributed by atoms with Crippen LogP contribution in [0.15, 0.2) is 60.8 Å². The lowest BCUT2D eigenvalue weighted by Gasteiger charge is -2.06. The molecule has 140 valence electrons. The fourth-order valence-electron chi connectivity index (χ4n) is 2.61. The number of fused-ring (bicyclic) bond motifs is 1. The Bertz CT molecular complexity index is 1140. The van der Waals surface area contributed by atoms with E-state index in [1.807, 2.05) is 42.5 Å². The first-order valence-electron chi connectivity index (χ1n) is 8.39. The number of rotatable bonds is 6. The molecular formula is C20H15ClN4O2S. The van der Waals surface area contributed by atoms with Gasteiger partial charge in [-0.3, -0.25) is 9.78 Å². The van der Waals surface area contributed by atoms with Gasteiger partial charge in [-0.05, 0) is 42.5 Å². The highest BCUT2D eigenvalue weighted by atomic mass is 35.5. The number of nitrogens with zero attached hydrogens (tertiary/aromatic N) is 2. The van der Waals surface area contributed by atoms with E-state index < -0.39 is 5.91 Å². The topological polar surface area (TPSA) is 90.1 Å².